The Bertz CT molecular complexity index is 860. The van der Waals surface area contributed by atoms with Crippen LogP contribution in [-0.4, -0.2) is 23.6 Å². The van der Waals surface area contributed by atoms with Crippen molar-refractivity contribution in [3.8, 4) is 0 Å². The van der Waals surface area contributed by atoms with Crippen LogP contribution in [0.25, 0.3) is 0 Å². The van der Waals surface area contributed by atoms with Crippen molar-refractivity contribution in [3.63, 3.8) is 0 Å². The zero-order chi connectivity index (χ0) is 17.4. The third-order valence-electron chi connectivity index (χ3n) is 4.71. The molecule has 0 aromatic heterocycles. The highest BCUT2D eigenvalue weighted by Gasteiger charge is 2.35. The normalized spacial score (nSPS) is 19.6. The summed E-state index contributed by atoms with van der Waals surface area (Å²) >= 11 is 0. The fourth-order valence-corrected chi connectivity index (χ4v) is 3.49. The highest BCUT2D eigenvalue weighted by molar-refractivity contribution is 6.45. The van der Waals surface area contributed by atoms with E-state index in [0.717, 1.165) is 12.1 Å². The van der Waals surface area contributed by atoms with Gasteiger partial charge in [0.1, 0.15) is 5.71 Å². The van der Waals surface area contributed by atoms with Gasteiger partial charge in [0.2, 0.25) is 5.91 Å². The standard InChI is InChI=1S/C20H19N3O2/c1-14-13-15-7-5-6-10-18(15)22(14)20(25)17-11-12-19(24)23(21-17)16-8-3-2-4-9-16/h2-10,14H,11-13H2,1H3. The van der Waals surface area contributed by atoms with E-state index in [9.17, 15) is 9.59 Å². The molecule has 2 aromatic rings. The van der Waals surface area contributed by atoms with Crippen molar-refractivity contribution < 1.29 is 9.59 Å². The second-order valence-electron chi connectivity index (χ2n) is 6.44. The highest BCUT2D eigenvalue weighted by atomic mass is 16.2. The van der Waals surface area contributed by atoms with E-state index >= 15 is 0 Å². The number of hydrazone groups is 1. The fourth-order valence-electron chi connectivity index (χ4n) is 3.49. The molecule has 1 atom stereocenters. The van der Waals surface area contributed by atoms with Gasteiger partial charge in [-0.1, -0.05) is 36.4 Å². The molecule has 0 radical (unpaired) electrons. The second kappa shape index (κ2) is 6.16. The highest BCUT2D eigenvalue weighted by Crippen LogP contribution is 2.32. The molecule has 0 bridgehead atoms. The smallest absolute Gasteiger partial charge is 0.274 e. The topological polar surface area (TPSA) is 53.0 Å². The van der Waals surface area contributed by atoms with Gasteiger partial charge in [0, 0.05) is 24.6 Å². The Hall–Kier alpha value is -2.95. The van der Waals surface area contributed by atoms with Crippen molar-refractivity contribution in [2.45, 2.75) is 32.2 Å². The second-order valence-corrected chi connectivity index (χ2v) is 6.44. The summed E-state index contributed by atoms with van der Waals surface area (Å²) in [6.07, 6.45) is 1.52. The van der Waals surface area contributed by atoms with Crippen molar-refractivity contribution >= 4 is 28.9 Å². The lowest BCUT2D eigenvalue weighted by Crippen LogP contribution is -2.44. The molecule has 2 aliphatic rings. The Labute approximate surface area is 146 Å². The largest absolute Gasteiger partial charge is 0.304 e. The molecule has 0 saturated carbocycles. The van der Waals surface area contributed by atoms with Crippen LogP contribution in [-0.2, 0) is 16.0 Å². The van der Waals surface area contributed by atoms with Gasteiger partial charge in [-0.15, -0.1) is 0 Å². The molecule has 126 valence electrons. The molecule has 4 rings (SSSR count). The van der Waals surface area contributed by atoms with Crippen molar-refractivity contribution in [3.05, 3.63) is 60.2 Å². The molecule has 2 amide bonds. The minimum absolute atomic E-state index is 0.0855. The number of carbonyl (C=O) groups excluding carboxylic acids is 2. The molecular formula is C20H19N3O2. The Morgan fingerprint density at radius 1 is 1.04 bits per heavy atom. The van der Waals surface area contributed by atoms with E-state index in [2.05, 4.69) is 11.2 Å². The number of hydrogen-bond acceptors (Lipinski definition) is 3. The predicted molar refractivity (Wildman–Crippen MR) is 97.7 cm³/mol. The fraction of sp³-hybridized carbons (Fsp3) is 0.250. The number of carbonyl (C=O) groups is 2. The van der Waals surface area contributed by atoms with Crippen molar-refractivity contribution in [2.75, 3.05) is 9.91 Å². The predicted octanol–water partition coefficient (Wildman–Crippen LogP) is 3.15. The van der Waals surface area contributed by atoms with Crippen LogP contribution in [0.15, 0.2) is 59.7 Å². The maximum Gasteiger partial charge on any atom is 0.274 e. The molecule has 5 heteroatoms. The zero-order valence-electron chi connectivity index (χ0n) is 14.1. The Balaban J connectivity index is 1.67. The first-order valence-corrected chi connectivity index (χ1v) is 8.52. The molecule has 1 unspecified atom stereocenters. The van der Waals surface area contributed by atoms with Gasteiger partial charge in [-0.2, -0.15) is 5.10 Å². The quantitative estimate of drug-likeness (QED) is 0.848. The van der Waals surface area contributed by atoms with Gasteiger partial charge in [0.25, 0.3) is 5.91 Å². The van der Waals surface area contributed by atoms with E-state index in [1.54, 1.807) is 0 Å². The van der Waals surface area contributed by atoms with Crippen LogP contribution in [0.3, 0.4) is 0 Å². The summed E-state index contributed by atoms with van der Waals surface area (Å²) in [6.45, 7) is 2.04. The summed E-state index contributed by atoms with van der Waals surface area (Å²) in [5.74, 6) is -0.191. The van der Waals surface area contributed by atoms with Gasteiger partial charge in [-0.05, 0) is 37.1 Å². The molecule has 2 heterocycles. The van der Waals surface area contributed by atoms with E-state index < -0.39 is 0 Å². The molecule has 2 aromatic carbocycles. The van der Waals surface area contributed by atoms with Crippen molar-refractivity contribution in [1.82, 2.24) is 0 Å². The van der Waals surface area contributed by atoms with Crippen LogP contribution in [0.1, 0.15) is 25.3 Å². The van der Waals surface area contributed by atoms with Crippen LogP contribution >= 0.6 is 0 Å². The summed E-state index contributed by atoms with van der Waals surface area (Å²) < 4.78 is 0. The van der Waals surface area contributed by atoms with Gasteiger partial charge in [-0.3, -0.25) is 9.59 Å². The maximum atomic E-state index is 13.1. The zero-order valence-corrected chi connectivity index (χ0v) is 14.1. The van der Waals surface area contributed by atoms with Gasteiger partial charge < -0.3 is 4.90 Å². The molecule has 0 fully saturated rings. The lowest BCUT2D eigenvalue weighted by Gasteiger charge is -2.27. The average Bonchev–Trinajstić information content (AvgIpc) is 2.98. The Kier molecular flexibility index (Phi) is 3.84. The summed E-state index contributed by atoms with van der Waals surface area (Å²) in [4.78, 5) is 27.2. The Morgan fingerprint density at radius 2 is 1.76 bits per heavy atom. The number of hydrogen-bond donors (Lipinski definition) is 0. The molecule has 2 aliphatic heterocycles. The lowest BCUT2D eigenvalue weighted by molar-refractivity contribution is -0.118. The minimum atomic E-state index is -0.106. The molecule has 25 heavy (non-hydrogen) atoms. The third-order valence-corrected chi connectivity index (χ3v) is 4.71. The van der Waals surface area contributed by atoms with Crippen molar-refractivity contribution in [1.29, 1.82) is 0 Å². The maximum absolute atomic E-state index is 13.1. The first-order chi connectivity index (χ1) is 12.1. The van der Waals surface area contributed by atoms with Crippen LogP contribution < -0.4 is 9.91 Å². The number of benzene rings is 2. The third kappa shape index (κ3) is 2.71. The number of rotatable bonds is 2. The van der Waals surface area contributed by atoms with Crippen LogP contribution in [0, 0.1) is 0 Å². The van der Waals surface area contributed by atoms with E-state index in [-0.39, 0.29) is 17.9 Å². The molecule has 0 N–H and O–H groups in total. The van der Waals surface area contributed by atoms with Crippen molar-refractivity contribution in [2.24, 2.45) is 5.10 Å². The number of nitrogens with zero attached hydrogens (tertiary/aromatic N) is 3. The molecule has 5 nitrogen and oxygen atoms in total. The van der Waals surface area contributed by atoms with Gasteiger partial charge in [0.05, 0.1) is 5.69 Å². The number of para-hydroxylation sites is 2. The Morgan fingerprint density at radius 3 is 2.56 bits per heavy atom. The minimum Gasteiger partial charge on any atom is -0.304 e. The molecule has 0 saturated heterocycles. The summed E-state index contributed by atoms with van der Waals surface area (Å²) in [7, 11) is 0. The number of amides is 2. The van der Waals surface area contributed by atoms with Crippen LogP contribution in [0.2, 0.25) is 0 Å². The van der Waals surface area contributed by atoms with Gasteiger partial charge >= 0.3 is 0 Å². The number of anilines is 2. The van der Waals surface area contributed by atoms with E-state index in [1.165, 1.54) is 10.6 Å². The van der Waals surface area contributed by atoms with E-state index in [1.807, 2.05) is 60.4 Å². The first kappa shape index (κ1) is 15.6. The molecule has 0 spiro atoms. The lowest BCUT2D eigenvalue weighted by atomic mass is 10.1. The van der Waals surface area contributed by atoms with Gasteiger partial charge in [0.15, 0.2) is 0 Å². The van der Waals surface area contributed by atoms with E-state index in [0.29, 0.717) is 24.2 Å². The SMILES string of the molecule is CC1Cc2ccccc2N1C(=O)C1=NN(c2ccccc2)C(=O)CC1. The van der Waals surface area contributed by atoms with Gasteiger partial charge in [-0.25, -0.2) is 5.01 Å². The summed E-state index contributed by atoms with van der Waals surface area (Å²) in [5, 5.41) is 5.74. The monoisotopic (exact) mass is 333 g/mol. The van der Waals surface area contributed by atoms with E-state index in [4.69, 9.17) is 0 Å². The molecule has 0 aliphatic carbocycles. The average molecular weight is 333 g/mol. The summed E-state index contributed by atoms with van der Waals surface area (Å²) in [6, 6.07) is 17.3. The van der Waals surface area contributed by atoms with Crippen LogP contribution in [0.4, 0.5) is 11.4 Å². The molecular weight excluding hydrogens is 314 g/mol. The van der Waals surface area contributed by atoms with Crippen LogP contribution in [0.5, 0.6) is 0 Å². The first-order valence-electron chi connectivity index (χ1n) is 8.52. The number of fused-ring (bicyclic) bond motifs is 1. The summed E-state index contributed by atoms with van der Waals surface area (Å²) in [5.41, 5.74) is 3.25.